The highest BCUT2D eigenvalue weighted by Crippen LogP contribution is 2.23. The summed E-state index contributed by atoms with van der Waals surface area (Å²) in [4.78, 5) is 27.9. The third kappa shape index (κ3) is 9.72. The van der Waals surface area contributed by atoms with Gasteiger partial charge in [-0.2, -0.15) is 0 Å². The van der Waals surface area contributed by atoms with Crippen LogP contribution in [0.25, 0.3) is 0 Å². The molecule has 2 rings (SSSR count). The summed E-state index contributed by atoms with van der Waals surface area (Å²) in [6.45, 7) is 12.2. The predicted octanol–water partition coefficient (Wildman–Crippen LogP) is 4.27. The van der Waals surface area contributed by atoms with E-state index in [0.29, 0.717) is 24.5 Å². The second-order valence-electron chi connectivity index (χ2n) is 10.3. The Kier molecular flexibility index (Phi) is 10.5. The summed E-state index contributed by atoms with van der Waals surface area (Å²) in [5.41, 5.74) is 2.07. The normalized spacial score (nSPS) is 12.5. The molecule has 0 fully saturated rings. The van der Waals surface area contributed by atoms with Gasteiger partial charge in [0, 0.05) is 25.0 Å². The molecule has 0 aliphatic rings. The quantitative estimate of drug-likeness (QED) is 0.441. The van der Waals surface area contributed by atoms with Crippen LogP contribution in [0.5, 0.6) is 5.75 Å². The molecule has 37 heavy (non-hydrogen) atoms. The van der Waals surface area contributed by atoms with Crippen molar-refractivity contribution in [3.8, 4) is 5.75 Å². The number of sulfonamides is 1. The van der Waals surface area contributed by atoms with Crippen LogP contribution < -0.4 is 14.4 Å². The van der Waals surface area contributed by atoms with Crippen LogP contribution in [0, 0.1) is 6.92 Å². The minimum Gasteiger partial charge on any atom is -0.494 e. The largest absolute Gasteiger partial charge is 0.494 e. The first kappa shape index (κ1) is 30.2. The molecule has 0 radical (unpaired) electrons. The van der Waals surface area contributed by atoms with Gasteiger partial charge in [0.2, 0.25) is 21.8 Å². The van der Waals surface area contributed by atoms with Crippen molar-refractivity contribution in [1.82, 2.24) is 10.2 Å². The van der Waals surface area contributed by atoms with Crippen LogP contribution in [0.2, 0.25) is 0 Å². The van der Waals surface area contributed by atoms with Crippen molar-refractivity contribution in [2.45, 2.75) is 72.5 Å². The van der Waals surface area contributed by atoms with Crippen LogP contribution in [0.15, 0.2) is 48.5 Å². The average Bonchev–Trinajstić information content (AvgIpc) is 2.79. The van der Waals surface area contributed by atoms with E-state index in [9.17, 15) is 18.0 Å². The molecule has 9 heteroatoms. The highest BCUT2D eigenvalue weighted by Gasteiger charge is 2.28. The standard InChI is InChI=1S/C28H41N3O5S/c1-8-36-25-16-14-24(15-17-25)31(37(7,34)35)18-10-13-26(32)30(20-23-12-9-11-21(2)19-23)22(3)27(33)29-28(4,5)6/h9,11-12,14-17,19,22H,8,10,13,18,20H2,1-7H3,(H,29,33)/t22-/m0/s1. The summed E-state index contributed by atoms with van der Waals surface area (Å²) in [7, 11) is -3.56. The third-order valence-electron chi connectivity index (χ3n) is 5.69. The molecule has 0 aromatic heterocycles. The fourth-order valence-corrected chi connectivity index (χ4v) is 4.91. The van der Waals surface area contributed by atoms with Crippen molar-refractivity contribution in [1.29, 1.82) is 0 Å². The lowest BCUT2D eigenvalue weighted by molar-refractivity contribution is -0.141. The predicted molar refractivity (Wildman–Crippen MR) is 148 cm³/mol. The maximum atomic E-state index is 13.4. The second-order valence-corrected chi connectivity index (χ2v) is 12.2. The van der Waals surface area contributed by atoms with Gasteiger partial charge in [-0.1, -0.05) is 29.8 Å². The Morgan fingerprint density at radius 3 is 2.27 bits per heavy atom. The molecule has 2 aromatic rings. The zero-order valence-corrected chi connectivity index (χ0v) is 23.9. The minimum atomic E-state index is -3.56. The van der Waals surface area contributed by atoms with Gasteiger partial charge in [-0.3, -0.25) is 13.9 Å². The summed E-state index contributed by atoms with van der Waals surface area (Å²) < 4.78 is 31.7. The Morgan fingerprint density at radius 1 is 1.08 bits per heavy atom. The number of anilines is 1. The molecule has 2 amide bonds. The van der Waals surface area contributed by atoms with Gasteiger partial charge in [0.15, 0.2) is 0 Å². The molecule has 0 aliphatic heterocycles. The van der Waals surface area contributed by atoms with Crippen LogP contribution in [-0.4, -0.2) is 56.1 Å². The maximum Gasteiger partial charge on any atom is 0.242 e. The van der Waals surface area contributed by atoms with E-state index in [4.69, 9.17) is 4.74 Å². The molecule has 0 spiro atoms. The Hall–Kier alpha value is -3.07. The van der Waals surface area contributed by atoms with E-state index in [1.165, 1.54) is 4.31 Å². The lowest BCUT2D eigenvalue weighted by Gasteiger charge is -2.32. The number of carbonyl (C=O) groups excluding carboxylic acids is 2. The summed E-state index contributed by atoms with van der Waals surface area (Å²) in [5.74, 6) is 0.211. The topological polar surface area (TPSA) is 96.0 Å². The van der Waals surface area contributed by atoms with E-state index in [0.717, 1.165) is 17.4 Å². The summed E-state index contributed by atoms with van der Waals surface area (Å²) in [6.07, 6.45) is 1.55. The van der Waals surface area contributed by atoms with E-state index < -0.39 is 21.6 Å². The Balaban J connectivity index is 2.18. The van der Waals surface area contributed by atoms with E-state index in [2.05, 4.69) is 5.32 Å². The number of aryl methyl sites for hydroxylation is 1. The van der Waals surface area contributed by atoms with Gasteiger partial charge in [0.25, 0.3) is 0 Å². The van der Waals surface area contributed by atoms with Crippen molar-refractivity contribution in [2.75, 3.05) is 23.7 Å². The summed E-state index contributed by atoms with van der Waals surface area (Å²) >= 11 is 0. The number of amides is 2. The van der Waals surface area contributed by atoms with Crippen molar-refractivity contribution in [2.24, 2.45) is 0 Å². The van der Waals surface area contributed by atoms with Crippen molar-refractivity contribution in [3.05, 3.63) is 59.7 Å². The zero-order valence-electron chi connectivity index (χ0n) is 23.1. The fourth-order valence-electron chi connectivity index (χ4n) is 3.94. The smallest absolute Gasteiger partial charge is 0.242 e. The number of hydrogen-bond acceptors (Lipinski definition) is 5. The zero-order chi connectivity index (χ0) is 27.8. The molecular weight excluding hydrogens is 490 g/mol. The molecule has 2 aromatic carbocycles. The van der Waals surface area contributed by atoms with Crippen LogP contribution >= 0.6 is 0 Å². The van der Waals surface area contributed by atoms with Gasteiger partial charge in [0.05, 0.1) is 18.6 Å². The molecule has 0 saturated heterocycles. The third-order valence-corrected chi connectivity index (χ3v) is 6.88. The first-order valence-corrected chi connectivity index (χ1v) is 14.4. The molecule has 204 valence electrons. The molecule has 1 atom stereocenters. The van der Waals surface area contributed by atoms with Gasteiger partial charge < -0.3 is 15.0 Å². The minimum absolute atomic E-state index is 0.0992. The van der Waals surface area contributed by atoms with Crippen LogP contribution in [0.4, 0.5) is 5.69 Å². The SMILES string of the molecule is CCOc1ccc(N(CCCC(=O)N(Cc2cccc(C)c2)[C@@H](C)C(=O)NC(C)(C)C)S(C)(=O)=O)cc1. The summed E-state index contributed by atoms with van der Waals surface area (Å²) in [6, 6.07) is 14.0. The molecule has 0 unspecified atom stereocenters. The first-order chi connectivity index (χ1) is 17.2. The van der Waals surface area contributed by atoms with Gasteiger partial charge in [-0.25, -0.2) is 8.42 Å². The van der Waals surface area contributed by atoms with Gasteiger partial charge in [0.1, 0.15) is 11.8 Å². The summed E-state index contributed by atoms with van der Waals surface area (Å²) in [5, 5.41) is 2.95. The molecule has 0 heterocycles. The Morgan fingerprint density at radius 2 is 1.73 bits per heavy atom. The number of nitrogens with zero attached hydrogens (tertiary/aromatic N) is 2. The van der Waals surface area contributed by atoms with Gasteiger partial charge >= 0.3 is 0 Å². The second kappa shape index (κ2) is 12.9. The molecule has 0 saturated carbocycles. The highest BCUT2D eigenvalue weighted by molar-refractivity contribution is 7.92. The van der Waals surface area contributed by atoms with Crippen LogP contribution in [0.3, 0.4) is 0 Å². The maximum absolute atomic E-state index is 13.4. The van der Waals surface area contributed by atoms with E-state index in [1.54, 1.807) is 36.1 Å². The lowest BCUT2D eigenvalue weighted by Crippen LogP contribution is -2.52. The molecule has 0 bridgehead atoms. The van der Waals surface area contributed by atoms with Crippen molar-refractivity contribution >= 4 is 27.5 Å². The Labute approximate surface area is 222 Å². The number of carbonyl (C=O) groups is 2. The lowest BCUT2D eigenvalue weighted by atomic mass is 10.1. The Bertz CT molecular complexity index is 1160. The fraction of sp³-hybridized carbons (Fsp3) is 0.500. The van der Waals surface area contributed by atoms with Crippen molar-refractivity contribution < 1.29 is 22.7 Å². The average molecular weight is 532 g/mol. The number of nitrogens with one attached hydrogen (secondary N) is 1. The molecule has 1 N–H and O–H groups in total. The highest BCUT2D eigenvalue weighted by atomic mass is 32.2. The monoisotopic (exact) mass is 531 g/mol. The van der Waals surface area contributed by atoms with E-state index in [1.807, 2.05) is 58.9 Å². The first-order valence-electron chi connectivity index (χ1n) is 12.6. The number of rotatable bonds is 12. The van der Waals surface area contributed by atoms with Crippen molar-refractivity contribution in [3.63, 3.8) is 0 Å². The van der Waals surface area contributed by atoms with Crippen LogP contribution in [0.1, 0.15) is 58.6 Å². The van der Waals surface area contributed by atoms with Gasteiger partial charge in [-0.05, 0) is 77.8 Å². The van der Waals surface area contributed by atoms with E-state index in [-0.39, 0.29) is 31.3 Å². The number of benzene rings is 2. The molecule has 0 aliphatic carbocycles. The van der Waals surface area contributed by atoms with Crippen LogP contribution in [-0.2, 0) is 26.2 Å². The number of ether oxygens (including phenoxy) is 1. The van der Waals surface area contributed by atoms with Gasteiger partial charge in [-0.15, -0.1) is 0 Å². The van der Waals surface area contributed by atoms with E-state index >= 15 is 0 Å². The molecule has 8 nitrogen and oxygen atoms in total. The number of hydrogen-bond donors (Lipinski definition) is 1. The molecular formula is C28H41N3O5S.